The topological polar surface area (TPSA) is 46.2 Å². The molecule has 2 nitrogen and oxygen atoms in total. The highest BCUT2D eigenvalue weighted by molar-refractivity contribution is 5.27. The summed E-state index contributed by atoms with van der Waals surface area (Å²) in [6.45, 7) is 4.19. The summed E-state index contributed by atoms with van der Waals surface area (Å²) < 4.78 is 0. The first-order valence-corrected chi connectivity index (χ1v) is 5.17. The maximum atomic E-state index is 9.31. The molecule has 1 aromatic rings. The number of phenolic OH excluding ortho intramolecular Hbond substituents is 1. The fourth-order valence-electron chi connectivity index (χ4n) is 1.69. The number of hydrogen-bond donors (Lipinski definition) is 2. The molecule has 0 saturated heterocycles. The van der Waals surface area contributed by atoms with Gasteiger partial charge in [-0.1, -0.05) is 25.5 Å². The van der Waals surface area contributed by atoms with Crippen molar-refractivity contribution >= 4 is 0 Å². The van der Waals surface area contributed by atoms with Crippen molar-refractivity contribution in [3.63, 3.8) is 0 Å². The summed E-state index contributed by atoms with van der Waals surface area (Å²) in [4.78, 5) is 0. The van der Waals surface area contributed by atoms with Crippen molar-refractivity contribution in [3.05, 3.63) is 29.8 Å². The average molecular weight is 193 g/mol. The van der Waals surface area contributed by atoms with Crippen LogP contribution in [0.25, 0.3) is 0 Å². The number of benzene rings is 1. The van der Waals surface area contributed by atoms with Crippen LogP contribution in [0.4, 0.5) is 0 Å². The summed E-state index contributed by atoms with van der Waals surface area (Å²) in [6, 6.07) is 7.62. The molecule has 14 heavy (non-hydrogen) atoms. The van der Waals surface area contributed by atoms with Crippen LogP contribution in [0.3, 0.4) is 0 Å². The molecule has 0 aromatic heterocycles. The molecule has 0 radical (unpaired) electrons. The summed E-state index contributed by atoms with van der Waals surface area (Å²) in [5.41, 5.74) is 7.03. The van der Waals surface area contributed by atoms with E-state index in [0.717, 1.165) is 18.4 Å². The largest absolute Gasteiger partial charge is 0.508 e. The van der Waals surface area contributed by atoms with Crippen LogP contribution in [0.15, 0.2) is 24.3 Å². The fraction of sp³-hybridized carbons (Fsp3) is 0.500. The van der Waals surface area contributed by atoms with Gasteiger partial charge in [0.1, 0.15) is 5.75 Å². The Morgan fingerprint density at radius 1 is 1.43 bits per heavy atom. The van der Waals surface area contributed by atoms with Crippen LogP contribution >= 0.6 is 0 Å². The van der Waals surface area contributed by atoms with E-state index in [0.29, 0.717) is 11.7 Å². The Hall–Kier alpha value is -1.02. The molecule has 3 N–H and O–H groups in total. The SMILES string of the molecule is CCC(Cc1cccc(O)c1)C(C)N. The monoisotopic (exact) mass is 193 g/mol. The second-order valence-electron chi connectivity index (χ2n) is 3.90. The van der Waals surface area contributed by atoms with Crippen LogP contribution < -0.4 is 5.73 Å². The van der Waals surface area contributed by atoms with Gasteiger partial charge in [-0.2, -0.15) is 0 Å². The van der Waals surface area contributed by atoms with Gasteiger partial charge >= 0.3 is 0 Å². The third-order valence-corrected chi connectivity index (χ3v) is 2.68. The lowest BCUT2D eigenvalue weighted by molar-refractivity contribution is 0.425. The molecule has 0 amide bonds. The zero-order chi connectivity index (χ0) is 10.6. The van der Waals surface area contributed by atoms with Crippen LogP contribution in [0.2, 0.25) is 0 Å². The predicted octanol–water partition coefficient (Wildman–Crippen LogP) is 2.31. The van der Waals surface area contributed by atoms with Crippen molar-refractivity contribution in [2.45, 2.75) is 32.7 Å². The van der Waals surface area contributed by atoms with Gasteiger partial charge < -0.3 is 10.8 Å². The number of nitrogens with two attached hydrogens (primary N) is 1. The Labute approximate surface area is 85.8 Å². The van der Waals surface area contributed by atoms with Gasteiger partial charge in [0.05, 0.1) is 0 Å². The van der Waals surface area contributed by atoms with Crippen molar-refractivity contribution in [2.75, 3.05) is 0 Å². The first-order chi connectivity index (χ1) is 6.63. The smallest absolute Gasteiger partial charge is 0.115 e. The Kier molecular flexibility index (Phi) is 3.96. The van der Waals surface area contributed by atoms with Gasteiger partial charge in [0.2, 0.25) is 0 Å². The van der Waals surface area contributed by atoms with Gasteiger partial charge in [0.15, 0.2) is 0 Å². The van der Waals surface area contributed by atoms with E-state index >= 15 is 0 Å². The highest BCUT2D eigenvalue weighted by atomic mass is 16.3. The van der Waals surface area contributed by atoms with Gasteiger partial charge in [-0.3, -0.25) is 0 Å². The highest BCUT2D eigenvalue weighted by Crippen LogP contribution is 2.18. The summed E-state index contributed by atoms with van der Waals surface area (Å²) >= 11 is 0. The summed E-state index contributed by atoms with van der Waals surface area (Å²) in [5.74, 6) is 0.832. The lowest BCUT2D eigenvalue weighted by Gasteiger charge is -2.18. The van der Waals surface area contributed by atoms with Crippen molar-refractivity contribution in [1.29, 1.82) is 0 Å². The maximum Gasteiger partial charge on any atom is 0.115 e. The fourth-order valence-corrected chi connectivity index (χ4v) is 1.69. The first-order valence-electron chi connectivity index (χ1n) is 5.17. The minimum Gasteiger partial charge on any atom is -0.508 e. The molecule has 1 aromatic carbocycles. The van der Waals surface area contributed by atoms with Crippen LogP contribution in [0.5, 0.6) is 5.75 Å². The number of aromatic hydroxyl groups is 1. The molecule has 0 spiro atoms. The molecule has 0 fully saturated rings. The lowest BCUT2D eigenvalue weighted by Crippen LogP contribution is -2.27. The second-order valence-corrected chi connectivity index (χ2v) is 3.90. The summed E-state index contributed by atoms with van der Waals surface area (Å²) in [7, 11) is 0. The van der Waals surface area contributed by atoms with Gasteiger partial charge in [-0.05, 0) is 37.0 Å². The van der Waals surface area contributed by atoms with Crippen molar-refractivity contribution in [3.8, 4) is 5.75 Å². The highest BCUT2D eigenvalue weighted by Gasteiger charge is 2.11. The van der Waals surface area contributed by atoms with Crippen LogP contribution in [0, 0.1) is 5.92 Å². The second kappa shape index (κ2) is 5.01. The van der Waals surface area contributed by atoms with E-state index in [2.05, 4.69) is 6.92 Å². The van der Waals surface area contributed by atoms with Gasteiger partial charge in [0.25, 0.3) is 0 Å². The molecule has 0 bridgehead atoms. The molecular weight excluding hydrogens is 174 g/mol. The van der Waals surface area contributed by atoms with E-state index in [9.17, 15) is 5.11 Å². The van der Waals surface area contributed by atoms with Gasteiger partial charge in [0, 0.05) is 6.04 Å². The number of hydrogen-bond acceptors (Lipinski definition) is 2. The summed E-state index contributed by atoms with van der Waals surface area (Å²) in [6.07, 6.45) is 2.02. The number of rotatable bonds is 4. The molecule has 0 aliphatic rings. The molecular formula is C12H19NO. The van der Waals surface area contributed by atoms with Gasteiger partial charge in [-0.25, -0.2) is 0 Å². The molecule has 0 aliphatic carbocycles. The van der Waals surface area contributed by atoms with E-state index in [1.807, 2.05) is 25.1 Å². The normalized spacial score (nSPS) is 15.1. The van der Waals surface area contributed by atoms with Gasteiger partial charge in [-0.15, -0.1) is 0 Å². The number of phenols is 1. The predicted molar refractivity (Wildman–Crippen MR) is 59.2 cm³/mol. The summed E-state index contributed by atoms with van der Waals surface area (Å²) in [5, 5.41) is 9.31. The van der Waals surface area contributed by atoms with Crippen LogP contribution in [0.1, 0.15) is 25.8 Å². The Morgan fingerprint density at radius 2 is 2.14 bits per heavy atom. The van der Waals surface area contributed by atoms with E-state index < -0.39 is 0 Å². The zero-order valence-electron chi connectivity index (χ0n) is 8.90. The van der Waals surface area contributed by atoms with E-state index in [-0.39, 0.29) is 6.04 Å². The molecule has 78 valence electrons. The minimum absolute atomic E-state index is 0.211. The molecule has 2 atom stereocenters. The van der Waals surface area contributed by atoms with Crippen molar-refractivity contribution in [1.82, 2.24) is 0 Å². The standard InChI is InChI=1S/C12H19NO/c1-3-11(9(2)13)7-10-5-4-6-12(14)8-10/h4-6,8-9,11,14H,3,7,13H2,1-2H3. The Bertz CT molecular complexity index is 283. The van der Waals surface area contributed by atoms with E-state index in [4.69, 9.17) is 5.73 Å². The molecule has 1 rings (SSSR count). The van der Waals surface area contributed by atoms with E-state index in [1.54, 1.807) is 6.07 Å². The van der Waals surface area contributed by atoms with Crippen molar-refractivity contribution < 1.29 is 5.11 Å². The molecule has 0 aliphatic heterocycles. The first kappa shape index (κ1) is 11.1. The molecule has 2 unspecified atom stereocenters. The zero-order valence-corrected chi connectivity index (χ0v) is 8.90. The molecule has 0 saturated carbocycles. The quantitative estimate of drug-likeness (QED) is 0.770. The average Bonchev–Trinajstić information content (AvgIpc) is 2.14. The van der Waals surface area contributed by atoms with Crippen LogP contribution in [-0.4, -0.2) is 11.1 Å². The Balaban J connectivity index is 2.67. The molecule has 0 heterocycles. The minimum atomic E-state index is 0.211. The Morgan fingerprint density at radius 3 is 2.64 bits per heavy atom. The van der Waals surface area contributed by atoms with Crippen LogP contribution in [-0.2, 0) is 6.42 Å². The lowest BCUT2D eigenvalue weighted by atomic mass is 9.91. The van der Waals surface area contributed by atoms with E-state index in [1.165, 1.54) is 0 Å². The third-order valence-electron chi connectivity index (χ3n) is 2.68. The van der Waals surface area contributed by atoms with Crippen molar-refractivity contribution in [2.24, 2.45) is 11.7 Å². The molecule has 2 heteroatoms. The maximum absolute atomic E-state index is 9.31. The third kappa shape index (κ3) is 3.04.